The molecule has 154 valence electrons. The minimum atomic E-state index is -0.0997. The highest BCUT2D eigenvalue weighted by atomic mass is 16.5. The van der Waals surface area contributed by atoms with E-state index in [9.17, 15) is 4.79 Å². The third kappa shape index (κ3) is 4.29. The summed E-state index contributed by atoms with van der Waals surface area (Å²) in [6.07, 6.45) is 4.35. The summed E-state index contributed by atoms with van der Waals surface area (Å²) in [4.78, 5) is 11.6. The van der Waals surface area contributed by atoms with Gasteiger partial charge in [0.25, 0.3) is 0 Å². The van der Waals surface area contributed by atoms with Gasteiger partial charge in [0, 0.05) is 19.3 Å². The van der Waals surface area contributed by atoms with Gasteiger partial charge in [0.2, 0.25) is 0 Å². The molecule has 0 saturated heterocycles. The van der Waals surface area contributed by atoms with Crippen LogP contribution in [0.3, 0.4) is 0 Å². The molecule has 3 heteroatoms. The molecule has 0 N–H and O–H groups in total. The van der Waals surface area contributed by atoms with Crippen molar-refractivity contribution in [2.45, 2.75) is 64.3 Å². The number of ether oxygens (including phenoxy) is 1. The van der Waals surface area contributed by atoms with Gasteiger partial charge < -0.3 is 4.74 Å². The maximum Gasteiger partial charge on any atom is 0.305 e. The summed E-state index contributed by atoms with van der Waals surface area (Å²) in [5.41, 5.74) is 5.45. The zero-order valence-corrected chi connectivity index (χ0v) is 18.3. The molecule has 0 aromatic heterocycles. The Morgan fingerprint density at radius 1 is 1.07 bits per heavy atom. The van der Waals surface area contributed by atoms with Gasteiger partial charge in [0.1, 0.15) is 12.5 Å². The molecule has 2 unspecified atom stereocenters. The lowest BCUT2D eigenvalue weighted by Crippen LogP contribution is -2.35. The van der Waals surface area contributed by atoms with Gasteiger partial charge in [-0.05, 0) is 43.4 Å². The van der Waals surface area contributed by atoms with Crippen LogP contribution in [0.5, 0.6) is 0 Å². The van der Waals surface area contributed by atoms with Crippen LogP contribution in [0.2, 0.25) is 0 Å². The van der Waals surface area contributed by atoms with Gasteiger partial charge in [0.05, 0.1) is 6.61 Å². The second-order valence-corrected chi connectivity index (χ2v) is 8.09. The first-order valence-corrected chi connectivity index (χ1v) is 10.9. The topological polar surface area (TPSA) is 29.3 Å². The monoisotopic (exact) mass is 392 g/mol. The van der Waals surface area contributed by atoms with Gasteiger partial charge in [-0.15, -0.1) is 0 Å². The molecule has 2 aromatic rings. The summed E-state index contributed by atoms with van der Waals surface area (Å²) in [6.45, 7) is 6.90. The van der Waals surface area contributed by atoms with E-state index in [4.69, 9.17) is 4.74 Å². The van der Waals surface area contributed by atoms with Crippen molar-refractivity contribution >= 4 is 11.7 Å². The van der Waals surface area contributed by atoms with Crippen molar-refractivity contribution in [2.24, 2.45) is 0 Å². The number of carbonyl (C=O) groups excluding carboxylic acids is 1. The van der Waals surface area contributed by atoms with Gasteiger partial charge >= 0.3 is 5.97 Å². The average molecular weight is 393 g/mol. The second kappa shape index (κ2) is 9.39. The van der Waals surface area contributed by atoms with E-state index in [2.05, 4.69) is 80.1 Å². The summed E-state index contributed by atoms with van der Waals surface area (Å²) >= 11 is 0. The first-order chi connectivity index (χ1) is 14.0. The van der Waals surface area contributed by atoms with Crippen molar-refractivity contribution in [3.8, 4) is 0 Å². The quantitative estimate of drug-likeness (QED) is 0.460. The molecule has 1 heterocycles. The number of benzene rings is 2. The number of hydrogen-bond donors (Lipinski definition) is 0. The molecule has 0 bridgehead atoms. The third-order valence-electron chi connectivity index (χ3n) is 6.38. The van der Waals surface area contributed by atoms with Crippen molar-refractivity contribution in [2.75, 3.05) is 13.7 Å². The zero-order chi connectivity index (χ0) is 20.9. The molecule has 1 aliphatic heterocycles. The van der Waals surface area contributed by atoms with E-state index in [0.717, 1.165) is 25.7 Å². The van der Waals surface area contributed by atoms with Crippen molar-refractivity contribution < 1.29 is 14.1 Å². The highest BCUT2D eigenvalue weighted by Gasteiger charge is 2.51. The number of carbonyl (C=O) groups is 1. The average Bonchev–Trinajstić information content (AvgIpc) is 3.00. The lowest BCUT2D eigenvalue weighted by molar-refractivity contribution is -0.526. The lowest BCUT2D eigenvalue weighted by atomic mass is 9.68. The van der Waals surface area contributed by atoms with E-state index >= 15 is 0 Å². The van der Waals surface area contributed by atoms with Crippen LogP contribution in [0, 0.1) is 0 Å². The van der Waals surface area contributed by atoms with Crippen molar-refractivity contribution in [1.82, 2.24) is 0 Å². The van der Waals surface area contributed by atoms with Crippen molar-refractivity contribution in [1.29, 1.82) is 0 Å². The minimum absolute atomic E-state index is 0.0619. The summed E-state index contributed by atoms with van der Waals surface area (Å²) in [6, 6.07) is 20.5. The van der Waals surface area contributed by atoms with Crippen LogP contribution >= 0.6 is 0 Å². The Morgan fingerprint density at radius 2 is 1.72 bits per heavy atom. The van der Waals surface area contributed by atoms with Gasteiger partial charge in [-0.3, -0.25) is 4.79 Å². The van der Waals surface area contributed by atoms with Crippen LogP contribution in [0.1, 0.15) is 63.1 Å². The summed E-state index contributed by atoms with van der Waals surface area (Å²) in [5.74, 6) is -0.0997. The van der Waals surface area contributed by atoms with Gasteiger partial charge in [-0.1, -0.05) is 61.5 Å². The Hall–Kier alpha value is -2.42. The smallest absolute Gasteiger partial charge is 0.305 e. The summed E-state index contributed by atoms with van der Waals surface area (Å²) in [5, 5.41) is 0. The van der Waals surface area contributed by atoms with Crippen LogP contribution < -0.4 is 0 Å². The Morgan fingerprint density at radius 3 is 2.34 bits per heavy atom. The molecule has 0 spiro atoms. The predicted octanol–water partition coefficient (Wildman–Crippen LogP) is 5.14. The molecule has 0 amide bonds. The van der Waals surface area contributed by atoms with Gasteiger partial charge in [-0.2, -0.15) is 0 Å². The van der Waals surface area contributed by atoms with Crippen LogP contribution in [0.15, 0.2) is 54.6 Å². The van der Waals surface area contributed by atoms with Crippen LogP contribution in [-0.4, -0.2) is 36.0 Å². The number of esters is 1. The van der Waals surface area contributed by atoms with E-state index in [1.807, 2.05) is 6.92 Å². The summed E-state index contributed by atoms with van der Waals surface area (Å²) < 4.78 is 7.50. The van der Waals surface area contributed by atoms with Gasteiger partial charge in [-0.25, -0.2) is 4.58 Å². The first kappa shape index (κ1) is 21.3. The van der Waals surface area contributed by atoms with E-state index in [1.54, 1.807) is 0 Å². The zero-order valence-electron chi connectivity index (χ0n) is 18.3. The fourth-order valence-corrected chi connectivity index (χ4v) is 4.90. The maximum absolute atomic E-state index is 11.6. The predicted molar refractivity (Wildman–Crippen MR) is 119 cm³/mol. The highest BCUT2D eigenvalue weighted by Crippen LogP contribution is 2.43. The molecule has 1 aliphatic rings. The fraction of sp³-hybridized carbons (Fsp3) is 0.462. The Labute approximate surface area is 175 Å². The second-order valence-electron chi connectivity index (χ2n) is 8.09. The highest BCUT2D eigenvalue weighted by molar-refractivity contribution is 5.95. The van der Waals surface area contributed by atoms with Crippen molar-refractivity contribution in [3.05, 3.63) is 71.3 Å². The SMILES string of the molecule is CCOC(=O)CCCc1ccc(C2(c3ccccc3)CC(C)[N+](C)=C2CC)cc1. The van der Waals surface area contributed by atoms with Crippen LogP contribution in [0.4, 0.5) is 0 Å². The Balaban J connectivity index is 1.88. The summed E-state index contributed by atoms with van der Waals surface area (Å²) in [7, 11) is 2.23. The normalized spacial score (nSPS) is 21.4. The molecule has 0 fully saturated rings. The molecule has 29 heavy (non-hydrogen) atoms. The third-order valence-corrected chi connectivity index (χ3v) is 6.38. The number of nitrogens with zero attached hydrogens (tertiary/aromatic N) is 1. The van der Waals surface area contributed by atoms with Crippen LogP contribution in [-0.2, 0) is 21.4 Å². The molecular weight excluding hydrogens is 358 g/mol. The molecule has 0 aliphatic carbocycles. The fourth-order valence-electron chi connectivity index (χ4n) is 4.90. The van der Waals surface area contributed by atoms with E-state index in [-0.39, 0.29) is 11.4 Å². The van der Waals surface area contributed by atoms with Gasteiger partial charge in [0.15, 0.2) is 11.8 Å². The van der Waals surface area contributed by atoms with E-state index < -0.39 is 0 Å². The maximum atomic E-state index is 11.6. The molecule has 3 rings (SSSR count). The molecule has 0 radical (unpaired) electrons. The number of rotatable bonds is 8. The number of hydrogen-bond acceptors (Lipinski definition) is 2. The lowest BCUT2D eigenvalue weighted by Gasteiger charge is -2.29. The Kier molecular flexibility index (Phi) is 6.89. The molecule has 2 aromatic carbocycles. The van der Waals surface area contributed by atoms with Crippen molar-refractivity contribution in [3.63, 3.8) is 0 Å². The minimum Gasteiger partial charge on any atom is -0.466 e. The first-order valence-electron chi connectivity index (χ1n) is 10.9. The largest absolute Gasteiger partial charge is 0.466 e. The molecule has 2 atom stereocenters. The molecule has 0 saturated carbocycles. The standard InChI is InChI=1S/C26H34NO2/c1-5-24-26(19-20(3)27(24)4,22-12-8-7-9-13-22)23-17-15-21(16-18-23)11-10-14-25(28)29-6-2/h7-9,12-13,15-18,20H,5-6,10-11,14,19H2,1-4H3/q+1. The Bertz CT molecular complexity index is 854. The van der Waals surface area contributed by atoms with Crippen LogP contribution in [0.25, 0.3) is 0 Å². The van der Waals surface area contributed by atoms with E-state index in [0.29, 0.717) is 19.1 Å². The van der Waals surface area contributed by atoms with E-state index in [1.165, 1.54) is 22.4 Å². The number of aryl methyl sites for hydroxylation is 1. The molecular formula is C26H34NO2+. The molecule has 3 nitrogen and oxygen atoms in total.